The van der Waals surface area contributed by atoms with E-state index in [1.54, 1.807) is 6.92 Å². The Morgan fingerprint density at radius 1 is 1.35 bits per heavy atom. The molecule has 1 rings (SSSR count). The molecule has 0 saturated heterocycles. The van der Waals surface area contributed by atoms with E-state index in [0.29, 0.717) is 18.8 Å². The summed E-state index contributed by atoms with van der Waals surface area (Å²) in [7, 11) is 0. The first-order chi connectivity index (χ1) is 8.17. The van der Waals surface area contributed by atoms with E-state index in [1.807, 2.05) is 31.2 Å². The summed E-state index contributed by atoms with van der Waals surface area (Å²) >= 11 is 5.02. The normalized spacial score (nSPS) is 9.53. The second-order valence-corrected chi connectivity index (χ2v) is 3.69. The van der Waals surface area contributed by atoms with Crippen LogP contribution in [0, 0.1) is 0 Å². The maximum absolute atomic E-state index is 11.2. The Labute approximate surface area is 106 Å². The molecule has 92 valence electrons. The molecule has 0 aromatic heterocycles. The van der Waals surface area contributed by atoms with Crippen LogP contribution in [-0.4, -0.2) is 17.6 Å². The Balaban J connectivity index is 2.67. The van der Waals surface area contributed by atoms with Gasteiger partial charge in [0.2, 0.25) is 5.91 Å². The highest BCUT2D eigenvalue weighted by Crippen LogP contribution is 2.23. The lowest BCUT2D eigenvalue weighted by molar-refractivity contribution is -0.119. The fraction of sp³-hybridized carbons (Fsp3) is 0.333. The van der Waals surface area contributed by atoms with Gasteiger partial charge in [-0.25, -0.2) is 0 Å². The molecule has 0 spiro atoms. The molecule has 0 saturated carbocycles. The van der Waals surface area contributed by atoms with E-state index in [2.05, 4.69) is 10.6 Å². The Bertz CT molecular complexity index is 407. The van der Waals surface area contributed by atoms with Gasteiger partial charge in [0, 0.05) is 6.42 Å². The van der Waals surface area contributed by atoms with Gasteiger partial charge >= 0.3 is 0 Å². The topological polar surface area (TPSA) is 50.4 Å². The summed E-state index contributed by atoms with van der Waals surface area (Å²) in [5.41, 5.74) is 0.746. The molecular formula is C12H16N2O2S. The summed E-state index contributed by atoms with van der Waals surface area (Å²) in [5, 5.41) is 5.79. The van der Waals surface area contributed by atoms with Gasteiger partial charge in [-0.3, -0.25) is 4.79 Å². The van der Waals surface area contributed by atoms with Crippen LogP contribution in [0.1, 0.15) is 20.3 Å². The fourth-order valence-electron chi connectivity index (χ4n) is 1.22. The van der Waals surface area contributed by atoms with Gasteiger partial charge in [0.25, 0.3) is 0 Å². The van der Waals surface area contributed by atoms with E-state index in [-0.39, 0.29) is 11.0 Å². The van der Waals surface area contributed by atoms with Crippen LogP contribution in [0.4, 0.5) is 5.69 Å². The molecule has 0 aliphatic carbocycles. The SMILES string of the molecule is CCOc1ccccc1NC(=S)NC(=O)CC. The highest BCUT2D eigenvalue weighted by Gasteiger charge is 2.06. The Morgan fingerprint density at radius 2 is 2.06 bits per heavy atom. The van der Waals surface area contributed by atoms with Gasteiger partial charge in [-0.15, -0.1) is 0 Å². The number of rotatable bonds is 4. The van der Waals surface area contributed by atoms with Crippen LogP contribution >= 0.6 is 12.2 Å². The largest absolute Gasteiger partial charge is 0.492 e. The lowest BCUT2D eigenvalue weighted by Gasteiger charge is -2.13. The van der Waals surface area contributed by atoms with Crippen LogP contribution in [0.5, 0.6) is 5.75 Å². The second kappa shape index (κ2) is 6.85. The van der Waals surface area contributed by atoms with Gasteiger partial charge in [-0.1, -0.05) is 19.1 Å². The average molecular weight is 252 g/mol. The smallest absolute Gasteiger partial charge is 0.225 e. The number of benzene rings is 1. The molecule has 2 N–H and O–H groups in total. The number of carbonyl (C=O) groups excluding carboxylic acids is 1. The molecule has 0 aliphatic rings. The summed E-state index contributed by atoms with van der Waals surface area (Å²) in [6.45, 7) is 4.26. The summed E-state index contributed by atoms with van der Waals surface area (Å²) in [6, 6.07) is 7.43. The molecule has 4 nitrogen and oxygen atoms in total. The van der Waals surface area contributed by atoms with Crippen LogP contribution in [0.25, 0.3) is 0 Å². The van der Waals surface area contributed by atoms with Gasteiger partial charge in [0.1, 0.15) is 5.75 Å². The molecule has 5 heteroatoms. The first kappa shape index (κ1) is 13.4. The summed E-state index contributed by atoms with van der Waals surface area (Å²) in [6.07, 6.45) is 0.398. The van der Waals surface area contributed by atoms with Gasteiger partial charge in [0.05, 0.1) is 12.3 Å². The lowest BCUT2D eigenvalue weighted by atomic mass is 10.3. The highest BCUT2D eigenvalue weighted by molar-refractivity contribution is 7.80. The van der Waals surface area contributed by atoms with Crippen molar-refractivity contribution < 1.29 is 9.53 Å². The third-order valence-corrected chi connectivity index (χ3v) is 2.21. The number of carbonyl (C=O) groups is 1. The van der Waals surface area contributed by atoms with Crippen molar-refractivity contribution in [3.05, 3.63) is 24.3 Å². The number of para-hydroxylation sites is 2. The van der Waals surface area contributed by atoms with E-state index < -0.39 is 0 Å². The van der Waals surface area contributed by atoms with Crippen molar-refractivity contribution >= 4 is 28.9 Å². The number of hydrogen-bond donors (Lipinski definition) is 2. The molecule has 0 heterocycles. The molecule has 0 atom stereocenters. The predicted molar refractivity (Wildman–Crippen MR) is 72.3 cm³/mol. The number of thiocarbonyl (C=S) groups is 1. The third kappa shape index (κ3) is 4.40. The van der Waals surface area contributed by atoms with Gasteiger partial charge in [0.15, 0.2) is 5.11 Å². The van der Waals surface area contributed by atoms with Crippen molar-refractivity contribution in [2.75, 3.05) is 11.9 Å². The quantitative estimate of drug-likeness (QED) is 0.807. The molecular weight excluding hydrogens is 236 g/mol. The van der Waals surface area contributed by atoms with Gasteiger partial charge < -0.3 is 15.4 Å². The first-order valence-corrected chi connectivity index (χ1v) is 5.90. The Hall–Kier alpha value is -1.62. The monoisotopic (exact) mass is 252 g/mol. The zero-order valence-corrected chi connectivity index (χ0v) is 10.8. The van der Waals surface area contributed by atoms with Crippen LogP contribution in [0.3, 0.4) is 0 Å². The van der Waals surface area contributed by atoms with E-state index in [1.165, 1.54) is 0 Å². The minimum absolute atomic E-state index is 0.114. The van der Waals surface area contributed by atoms with Crippen molar-refractivity contribution in [2.24, 2.45) is 0 Å². The number of anilines is 1. The van der Waals surface area contributed by atoms with E-state index >= 15 is 0 Å². The van der Waals surface area contributed by atoms with Crippen molar-refractivity contribution in [1.82, 2.24) is 5.32 Å². The predicted octanol–water partition coefficient (Wildman–Crippen LogP) is 2.31. The van der Waals surface area contributed by atoms with Crippen LogP contribution < -0.4 is 15.4 Å². The Kier molecular flexibility index (Phi) is 5.42. The van der Waals surface area contributed by atoms with Crippen molar-refractivity contribution in [2.45, 2.75) is 20.3 Å². The maximum Gasteiger partial charge on any atom is 0.225 e. The first-order valence-electron chi connectivity index (χ1n) is 5.50. The number of hydrogen-bond acceptors (Lipinski definition) is 3. The fourth-order valence-corrected chi connectivity index (χ4v) is 1.44. The van der Waals surface area contributed by atoms with Crippen LogP contribution in [-0.2, 0) is 4.79 Å². The van der Waals surface area contributed by atoms with Crippen LogP contribution in [0.2, 0.25) is 0 Å². The molecule has 0 radical (unpaired) electrons. The molecule has 1 aromatic rings. The van der Waals surface area contributed by atoms with E-state index in [9.17, 15) is 4.79 Å². The van der Waals surface area contributed by atoms with Crippen molar-refractivity contribution in [3.8, 4) is 5.75 Å². The average Bonchev–Trinajstić information content (AvgIpc) is 2.31. The Morgan fingerprint density at radius 3 is 2.71 bits per heavy atom. The number of nitrogens with one attached hydrogen (secondary N) is 2. The summed E-state index contributed by atoms with van der Waals surface area (Å²) < 4.78 is 5.43. The zero-order chi connectivity index (χ0) is 12.7. The maximum atomic E-state index is 11.2. The van der Waals surface area contributed by atoms with Crippen molar-refractivity contribution in [1.29, 1.82) is 0 Å². The second-order valence-electron chi connectivity index (χ2n) is 3.29. The van der Waals surface area contributed by atoms with E-state index in [0.717, 1.165) is 5.69 Å². The van der Waals surface area contributed by atoms with Crippen molar-refractivity contribution in [3.63, 3.8) is 0 Å². The molecule has 0 bridgehead atoms. The summed E-state index contributed by atoms with van der Waals surface area (Å²) in [5.74, 6) is 0.597. The lowest BCUT2D eigenvalue weighted by Crippen LogP contribution is -2.33. The number of amides is 1. The molecule has 1 amide bonds. The molecule has 0 fully saturated rings. The molecule has 1 aromatic carbocycles. The summed E-state index contributed by atoms with van der Waals surface area (Å²) in [4.78, 5) is 11.2. The zero-order valence-electron chi connectivity index (χ0n) is 9.95. The van der Waals surface area contributed by atoms with Gasteiger partial charge in [-0.05, 0) is 31.3 Å². The molecule has 0 unspecified atom stereocenters. The third-order valence-electron chi connectivity index (χ3n) is 2.01. The number of ether oxygens (including phenoxy) is 1. The van der Waals surface area contributed by atoms with Gasteiger partial charge in [-0.2, -0.15) is 0 Å². The minimum Gasteiger partial charge on any atom is -0.492 e. The van der Waals surface area contributed by atoms with Crippen LogP contribution in [0.15, 0.2) is 24.3 Å². The highest BCUT2D eigenvalue weighted by atomic mass is 32.1. The molecule has 17 heavy (non-hydrogen) atoms. The minimum atomic E-state index is -0.114. The molecule has 0 aliphatic heterocycles. The standard InChI is InChI=1S/C12H16N2O2S/c1-3-11(15)14-12(17)13-9-7-5-6-8-10(9)16-4-2/h5-8H,3-4H2,1-2H3,(H2,13,14,15,17). The van der Waals surface area contributed by atoms with E-state index in [4.69, 9.17) is 17.0 Å².